The zero-order valence-electron chi connectivity index (χ0n) is 8.16. The molecule has 12 heavy (non-hydrogen) atoms. The summed E-state index contributed by atoms with van der Waals surface area (Å²) in [6.45, 7) is 7.17. The van der Waals surface area contributed by atoms with E-state index in [9.17, 15) is 4.79 Å². The van der Waals surface area contributed by atoms with E-state index in [0.717, 1.165) is 0 Å². The molecule has 0 fully saturated rings. The molecule has 0 spiro atoms. The summed E-state index contributed by atoms with van der Waals surface area (Å²) in [5, 5.41) is 1.74. The molecule has 0 unspecified atom stereocenters. The van der Waals surface area contributed by atoms with Gasteiger partial charge in [0.25, 0.3) is 5.91 Å². The predicted octanol–water partition coefficient (Wildman–Crippen LogP) is 0.304. The van der Waals surface area contributed by atoms with Gasteiger partial charge in [0.05, 0.1) is 0 Å². The number of hydrogen-bond donors (Lipinski definition) is 1. The van der Waals surface area contributed by atoms with Crippen LogP contribution in [0.15, 0.2) is 4.99 Å². The lowest BCUT2D eigenvalue weighted by Gasteiger charge is -2.27. The van der Waals surface area contributed by atoms with Crippen molar-refractivity contribution in [3.8, 4) is 0 Å². The van der Waals surface area contributed by atoms with E-state index in [2.05, 4.69) is 17.1 Å². The third-order valence-corrected chi connectivity index (χ3v) is 1.81. The number of nitrogens with zero attached hydrogens (tertiary/aromatic N) is 2. The van der Waals surface area contributed by atoms with E-state index < -0.39 is 0 Å². The maximum absolute atomic E-state index is 11.2. The first-order chi connectivity index (χ1) is 5.54. The van der Waals surface area contributed by atoms with Crippen molar-refractivity contribution < 1.29 is 4.79 Å². The zero-order chi connectivity index (χ0) is 9.72. The largest absolute Gasteiger partial charge is 0.271 e. The first-order valence-electron chi connectivity index (χ1n) is 3.95. The Morgan fingerprint density at radius 2 is 2.08 bits per heavy atom. The topological polar surface area (TPSA) is 44.7 Å². The summed E-state index contributed by atoms with van der Waals surface area (Å²) in [6.07, 6.45) is 0. The number of amides is 1. The van der Waals surface area contributed by atoms with Crippen molar-refractivity contribution in [1.82, 2.24) is 10.4 Å². The zero-order valence-corrected chi connectivity index (χ0v) is 8.16. The minimum Gasteiger partial charge on any atom is -0.271 e. The number of rotatable bonds is 4. The van der Waals surface area contributed by atoms with Crippen LogP contribution < -0.4 is 5.43 Å². The van der Waals surface area contributed by atoms with Gasteiger partial charge >= 0.3 is 0 Å². The summed E-state index contributed by atoms with van der Waals surface area (Å²) in [7, 11) is 3.58. The van der Waals surface area contributed by atoms with E-state index in [1.807, 2.05) is 20.9 Å². The number of likely N-dealkylation sites (N-methyl/N-ethyl adjacent to an activating group) is 1. The molecule has 0 aliphatic carbocycles. The second-order valence-electron chi connectivity index (χ2n) is 3.02. The molecule has 0 aliphatic rings. The Labute approximate surface area is 73.6 Å². The molecule has 0 aromatic carbocycles. The van der Waals surface area contributed by atoms with E-state index in [1.54, 1.807) is 12.1 Å². The number of aliphatic imine (C=N–C) groups is 1. The van der Waals surface area contributed by atoms with Gasteiger partial charge in [0, 0.05) is 7.05 Å². The molecule has 1 N–H and O–H groups in total. The van der Waals surface area contributed by atoms with Gasteiger partial charge in [-0.2, -0.15) is 0 Å². The van der Waals surface area contributed by atoms with Gasteiger partial charge in [0.2, 0.25) is 0 Å². The smallest absolute Gasteiger partial charge is 0.264 e. The molecule has 1 atom stereocenters. The molecule has 0 aliphatic heterocycles. The monoisotopic (exact) mass is 171 g/mol. The highest BCUT2D eigenvalue weighted by Gasteiger charge is 2.24. The predicted molar refractivity (Wildman–Crippen MR) is 50.0 cm³/mol. The number of hydrogen-bond acceptors (Lipinski definition) is 3. The van der Waals surface area contributed by atoms with Crippen LogP contribution in [0.5, 0.6) is 0 Å². The van der Waals surface area contributed by atoms with Gasteiger partial charge in [-0.1, -0.05) is 13.8 Å². The molecule has 0 heterocycles. The van der Waals surface area contributed by atoms with Crippen LogP contribution in [0.25, 0.3) is 0 Å². The third-order valence-electron chi connectivity index (χ3n) is 1.81. The van der Waals surface area contributed by atoms with Crippen molar-refractivity contribution in [1.29, 1.82) is 0 Å². The lowest BCUT2D eigenvalue weighted by molar-refractivity contribution is -0.124. The van der Waals surface area contributed by atoms with Gasteiger partial charge < -0.3 is 0 Å². The van der Waals surface area contributed by atoms with Crippen LogP contribution in [0.4, 0.5) is 0 Å². The molecule has 0 aromatic heterocycles. The van der Waals surface area contributed by atoms with Crippen molar-refractivity contribution in [2.45, 2.75) is 19.9 Å². The second kappa shape index (κ2) is 5.00. The minimum absolute atomic E-state index is 0.193. The minimum atomic E-state index is -0.229. The fraction of sp³-hybridized carbons (Fsp3) is 0.750. The average Bonchev–Trinajstić information content (AvgIpc) is 2.03. The maximum atomic E-state index is 11.2. The molecule has 0 rings (SSSR count). The van der Waals surface area contributed by atoms with E-state index in [1.165, 1.54) is 0 Å². The summed E-state index contributed by atoms with van der Waals surface area (Å²) >= 11 is 0. The Kier molecular flexibility index (Phi) is 4.70. The van der Waals surface area contributed by atoms with Crippen LogP contribution in [0, 0.1) is 5.92 Å². The summed E-state index contributed by atoms with van der Waals surface area (Å²) < 4.78 is 0. The Morgan fingerprint density at radius 1 is 1.58 bits per heavy atom. The van der Waals surface area contributed by atoms with Crippen molar-refractivity contribution in [2.24, 2.45) is 10.9 Å². The molecular weight excluding hydrogens is 154 g/mol. The first kappa shape index (κ1) is 11.3. The quantitative estimate of drug-likeness (QED) is 0.489. The Morgan fingerprint density at radius 3 is 2.33 bits per heavy atom. The summed E-state index contributed by atoms with van der Waals surface area (Å²) in [4.78, 5) is 14.7. The fourth-order valence-electron chi connectivity index (χ4n) is 1.13. The van der Waals surface area contributed by atoms with Crippen molar-refractivity contribution in [3.63, 3.8) is 0 Å². The molecule has 4 nitrogen and oxygen atoms in total. The molecule has 0 aromatic rings. The van der Waals surface area contributed by atoms with Gasteiger partial charge in [-0.05, 0) is 19.7 Å². The number of carbonyl (C=O) groups is 1. The number of carbonyl (C=O) groups excluding carboxylic acids is 1. The van der Waals surface area contributed by atoms with Gasteiger partial charge in [0.1, 0.15) is 6.04 Å². The molecular formula is C8H17N3O. The van der Waals surface area contributed by atoms with E-state index in [-0.39, 0.29) is 17.9 Å². The number of nitrogens with one attached hydrogen (secondary N) is 1. The van der Waals surface area contributed by atoms with Gasteiger partial charge in [-0.25, -0.2) is 10.0 Å². The average molecular weight is 171 g/mol. The molecule has 0 saturated carbocycles. The van der Waals surface area contributed by atoms with E-state index in [4.69, 9.17) is 0 Å². The molecule has 0 bridgehead atoms. The van der Waals surface area contributed by atoms with Gasteiger partial charge in [0.15, 0.2) is 0 Å². The highest BCUT2D eigenvalue weighted by atomic mass is 16.2. The van der Waals surface area contributed by atoms with Crippen LogP contribution in [-0.4, -0.2) is 37.8 Å². The number of hydrazine groups is 1. The molecule has 70 valence electrons. The fourth-order valence-corrected chi connectivity index (χ4v) is 1.13. The Bertz CT molecular complexity index is 168. The second-order valence-corrected chi connectivity index (χ2v) is 3.02. The standard InChI is InChI=1S/C8H17N3O/c1-6(2)7(8(12)9-3)11(5)10-4/h6-7,10H,3H2,1-2,4-5H3/t7-/m0/s1. The summed E-state index contributed by atoms with van der Waals surface area (Å²) in [5.74, 6) is 0.0299. The van der Waals surface area contributed by atoms with E-state index in [0.29, 0.717) is 0 Å². The van der Waals surface area contributed by atoms with Gasteiger partial charge in [-0.15, -0.1) is 0 Å². The highest BCUT2D eigenvalue weighted by molar-refractivity contribution is 5.85. The normalized spacial score (nSPS) is 13.5. The first-order valence-corrected chi connectivity index (χ1v) is 3.95. The maximum Gasteiger partial charge on any atom is 0.264 e. The molecule has 1 amide bonds. The SMILES string of the molecule is C=NC(=O)[C@H](C(C)C)N(C)NC. The summed E-state index contributed by atoms with van der Waals surface area (Å²) in [5.41, 5.74) is 2.89. The molecule has 0 radical (unpaired) electrons. The van der Waals surface area contributed by atoms with E-state index >= 15 is 0 Å². The van der Waals surface area contributed by atoms with Gasteiger partial charge in [-0.3, -0.25) is 10.2 Å². The van der Waals surface area contributed by atoms with Crippen LogP contribution in [0.2, 0.25) is 0 Å². The molecule has 4 heteroatoms. The lowest BCUT2D eigenvalue weighted by atomic mass is 10.0. The highest BCUT2D eigenvalue weighted by Crippen LogP contribution is 2.08. The van der Waals surface area contributed by atoms with Crippen molar-refractivity contribution in [3.05, 3.63) is 0 Å². The van der Waals surface area contributed by atoms with Crippen molar-refractivity contribution >= 4 is 12.6 Å². The van der Waals surface area contributed by atoms with Crippen LogP contribution in [-0.2, 0) is 4.79 Å². The lowest BCUT2D eigenvalue weighted by Crippen LogP contribution is -2.47. The van der Waals surface area contributed by atoms with Crippen molar-refractivity contribution in [2.75, 3.05) is 14.1 Å². The van der Waals surface area contributed by atoms with Crippen LogP contribution >= 0.6 is 0 Å². The summed E-state index contributed by atoms with van der Waals surface area (Å²) in [6, 6.07) is -0.229. The third kappa shape index (κ3) is 2.71. The Hall–Kier alpha value is -0.740. The molecule has 0 saturated heterocycles. The van der Waals surface area contributed by atoms with Crippen LogP contribution in [0.3, 0.4) is 0 Å². The Balaban J connectivity index is 4.42. The van der Waals surface area contributed by atoms with Crippen LogP contribution in [0.1, 0.15) is 13.8 Å².